The van der Waals surface area contributed by atoms with Crippen LogP contribution in [-0.4, -0.2) is 48.4 Å². The van der Waals surface area contributed by atoms with Crippen LogP contribution >= 0.6 is 0 Å². The highest BCUT2D eigenvalue weighted by Crippen LogP contribution is 2.24. The van der Waals surface area contributed by atoms with E-state index in [1.54, 1.807) is 4.90 Å². The first kappa shape index (κ1) is 9.01. The van der Waals surface area contributed by atoms with Crippen molar-refractivity contribution in [1.29, 1.82) is 5.26 Å². The van der Waals surface area contributed by atoms with Crippen LogP contribution in [0.4, 0.5) is 0 Å². The van der Waals surface area contributed by atoms with Crippen molar-refractivity contribution in [3.05, 3.63) is 0 Å². The Morgan fingerprint density at radius 2 is 2.08 bits per heavy atom. The van der Waals surface area contributed by atoms with Gasteiger partial charge in [0.05, 0.1) is 19.2 Å². The third-order valence-electron chi connectivity index (χ3n) is 2.41. The van der Waals surface area contributed by atoms with Gasteiger partial charge in [0, 0.05) is 6.92 Å². The number of likely N-dealkylation sites (tertiary alicyclic amines) is 1. The molecule has 1 fully saturated rings. The van der Waals surface area contributed by atoms with Crippen LogP contribution in [0.5, 0.6) is 0 Å². The lowest BCUT2D eigenvalue weighted by atomic mass is 9.90. The zero-order valence-corrected chi connectivity index (χ0v) is 7.66. The highest BCUT2D eigenvalue weighted by Gasteiger charge is 2.46. The van der Waals surface area contributed by atoms with E-state index in [0.717, 1.165) is 0 Å². The van der Waals surface area contributed by atoms with Gasteiger partial charge in [-0.1, -0.05) is 0 Å². The minimum Gasteiger partial charge on any atom is -0.337 e. The molecular weight excluding hydrogens is 154 g/mol. The fourth-order valence-electron chi connectivity index (χ4n) is 1.26. The van der Waals surface area contributed by atoms with Gasteiger partial charge in [0.2, 0.25) is 5.91 Å². The molecule has 0 saturated carbocycles. The Morgan fingerprint density at radius 1 is 1.58 bits per heavy atom. The molecule has 0 aliphatic carbocycles. The molecule has 0 aromatic rings. The van der Waals surface area contributed by atoms with Crippen LogP contribution in [0, 0.1) is 11.3 Å². The monoisotopic (exact) mass is 167 g/mol. The van der Waals surface area contributed by atoms with Crippen LogP contribution in [0.25, 0.3) is 0 Å². The first-order valence-electron chi connectivity index (χ1n) is 3.86. The molecule has 1 aliphatic rings. The van der Waals surface area contributed by atoms with Crippen LogP contribution in [-0.2, 0) is 4.79 Å². The van der Waals surface area contributed by atoms with Crippen molar-refractivity contribution in [1.82, 2.24) is 9.80 Å². The summed E-state index contributed by atoms with van der Waals surface area (Å²) in [4.78, 5) is 14.4. The highest BCUT2D eigenvalue weighted by atomic mass is 16.2. The van der Waals surface area contributed by atoms with Crippen LogP contribution in [0.15, 0.2) is 0 Å². The number of rotatable bonds is 1. The van der Waals surface area contributed by atoms with Gasteiger partial charge in [-0.15, -0.1) is 0 Å². The number of nitrogens with zero attached hydrogens (tertiary/aromatic N) is 3. The van der Waals surface area contributed by atoms with E-state index in [4.69, 9.17) is 5.26 Å². The van der Waals surface area contributed by atoms with Crippen molar-refractivity contribution in [3.8, 4) is 6.07 Å². The molecule has 1 amide bonds. The van der Waals surface area contributed by atoms with Gasteiger partial charge in [-0.2, -0.15) is 5.26 Å². The maximum atomic E-state index is 10.9. The number of hydrogen-bond acceptors (Lipinski definition) is 3. The molecule has 0 bridgehead atoms. The Balaban J connectivity index is 2.60. The van der Waals surface area contributed by atoms with Crippen molar-refractivity contribution in [2.24, 2.45) is 0 Å². The molecule has 1 saturated heterocycles. The maximum Gasteiger partial charge on any atom is 0.219 e. The van der Waals surface area contributed by atoms with Crippen molar-refractivity contribution in [2.75, 3.05) is 27.2 Å². The standard InChI is InChI=1S/C8H13N3O/c1-7(12)11-5-8(4-9,6-11)10(2)3/h5-6H2,1-3H3. The Bertz CT molecular complexity index is 235. The first-order chi connectivity index (χ1) is 5.52. The second kappa shape index (κ2) is 2.76. The minimum absolute atomic E-state index is 0.0442. The van der Waals surface area contributed by atoms with Crippen molar-refractivity contribution in [3.63, 3.8) is 0 Å². The summed E-state index contributed by atoms with van der Waals surface area (Å²) in [5, 5.41) is 8.88. The molecule has 0 atom stereocenters. The molecule has 1 aliphatic heterocycles. The lowest BCUT2D eigenvalue weighted by Crippen LogP contribution is -2.68. The van der Waals surface area contributed by atoms with Gasteiger partial charge in [-0.05, 0) is 14.1 Å². The predicted octanol–water partition coefficient (Wildman–Crippen LogP) is -0.328. The lowest BCUT2D eigenvalue weighted by Gasteiger charge is -2.48. The Kier molecular flexibility index (Phi) is 2.07. The van der Waals surface area contributed by atoms with E-state index in [0.29, 0.717) is 13.1 Å². The molecule has 1 rings (SSSR count). The van der Waals surface area contributed by atoms with Crippen LogP contribution in [0.2, 0.25) is 0 Å². The second-order valence-corrected chi connectivity index (χ2v) is 3.41. The summed E-state index contributed by atoms with van der Waals surface area (Å²) >= 11 is 0. The molecular formula is C8H13N3O. The van der Waals surface area contributed by atoms with Gasteiger partial charge in [-0.3, -0.25) is 9.69 Å². The van der Waals surface area contributed by atoms with E-state index in [1.165, 1.54) is 6.92 Å². The van der Waals surface area contributed by atoms with E-state index in [9.17, 15) is 4.79 Å². The molecule has 0 aromatic heterocycles. The Labute approximate surface area is 72.4 Å². The van der Waals surface area contributed by atoms with Gasteiger partial charge in [0.1, 0.15) is 5.54 Å². The van der Waals surface area contributed by atoms with Crippen molar-refractivity contribution >= 4 is 5.91 Å². The zero-order valence-electron chi connectivity index (χ0n) is 7.66. The number of amides is 1. The third-order valence-corrected chi connectivity index (χ3v) is 2.41. The third kappa shape index (κ3) is 1.16. The largest absolute Gasteiger partial charge is 0.337 e. The molecule has 12 heavy (non-hydrogen) atoms. The van der Waals surface area contributed by atoms with Gasteiger partial charge in [-0.25, -0.2) is 0 Å². The molecule has 0 radical (unpaired) electrons. The highest BCUT2D eigenvalue weighted by molar-refractivity contribution is 5.75. The Morgan fingerprint density at radius 3 is 2.33 bits per heavy atom. The molecule has 4 heteroatoms. The molecule has 0 aromatic carbocycles. The Hall–Kier alpha value is -1.08. The number of hydrogen-bond donors (Lipinski definition) is 0. The summed E-state index contributed by atoms with van der Waals surface area (Å²) < 4.78 is 0. The van der Waals surface area contributed by atoms with E-state index >= 15 is 0 Å². The van der Waals surface area contributed by atoms with Crippen molar-refractivity contribution in [2.45, 2.75) is 12.5 Å². The number of nitriles is 1. The van der Waals surface area contributed by atoms with E-state index in [2.05, 4.69) is 6.07 Å². The summed E-state index contributed by atoms with van der Waals surface area (Å²) in [7, 11) is 3.72. The van der Waals surface area contributed by atoms with Gasteiger partial charge in [0.15, 0.2) is 0 Å². The number of carbonyl (C=O) groups is 1. The topological polar surface area (TPSA) is 47.3 Å². The average molecular weight is 167 g/mol. The van der Waals surface area contributed by atoms with Crippen LogP contribution in [0.3, 0.4) is 0 Å². The van der Waals surface area contributed by atoms with Gasteiger partial charge < -0.3 is 4.90 Å². The fraction of sp³-hybridized carbons (Fsp3) is 0.750. The predicted molar refractivity (Wildman–Crippen MR) is 44.3 cm³/mol. The summed E-state index contributed by atoms with van der Waals surface area (Å²) in [5.41, 5.74) is -0.439. The smallest absolute Gasteiger partial charge is 0.219 e. The van der Waals surface area contributed by atoms with E-state index < -0.39 is 5.54 Å². The molecule has 0 unspecified atom stereocenters. The normalized spacial score (nSPS) is 20.1. The summed E-state index contributed by atoms with van der Waals surface area (Å²) in [6.45, 7) is 2.59. The quantitative estimate of drug-likeness (QED) is 0.537. The molecule has 0 spiro atoms. The van der Waals surface area contributed by atoms with Crippen LogP contribution in [0.1, 0.15) is 6.92 Å². The zero-order chi connectivity index (χ0) is 9.35. The SMILES string of the molecule is CC(=O)N1CC(C#N)(N(C)C)C1. The summed E-state index contributed by atoms with van der Waals surface area (Å²) in [6.07, 6.45) is 0. The van der Waals surface area contributed by atoms with Gasteiger partial charge >= 0.3 is 0 Å². The average Bonchev–Trinajstić information content (AvgIpc) is 1.84. The molecule has 66 valence electrons. The molecule has 1 heterocycles. The number of likely N-dealkylation sites (N-methyl/N-ethyl adjacent to an activating group) is 1. The van der Waals surface area contributed by atoms with Gasteiger partial charge in [0.25, 0.3) is 0 Å². The fourth-order valence-corrected chi connectivity index (χ4v) is 1.26. The molecule has 4 nitrogen and oxygen atoms in total. The van der Waals surface area contributed by atoms with E-state index in [1.807, 2.05) is 19.0 Å². The minimum atomic E-state index is -0.439. The maximum absolute atomic E-state index is 10.9. The summed E-state index contributed by atoms with van der Waals surface area (Å²) in [5.74, 6) is 0.0442. The lowest BCUT2D eigenvalue weighted by molar-refractivity contribution is -0.138. The molecule has 0 N–H and O–H groups in total. The van der Waals surface area contributed by atoms with Crippen molar-refractivity contribution < 1.29 is 4.79 Å². The summed E-state index contributed by atoms with van der Waals surface area (Å²) in [6, 6.07) is 2.23. The van der Waals surface area contributed by atoms with E-state index in [-0.39, 0.29) is 5.91 Å². The first-order valence-corrected chi connectivity index (χ1v) is 3.86. The van der Waals surface area contributed by atoms with Crippen LogP contribution < -0.4 is 0 Å². The second-order valence-electron chi connectivity index (χ2n) is 3.41. The number of carbonyl (C=O) groups excluding carboxylic acids is 1.